The van der Waals surface area contributed by atoms with E-state index in [4.69, 9.17) is 0 Å². The Labute approximate surface area is 134 Å². The van der Waals surface area contributed by atoms with Gasteiger partial charge in [0.25, 0.3) is 0 Å². The van der Waals surface area contributed by atoms with Crippen molar-refractivity contribution in [2.24, 2.45) is 5.92 Å². The summed E-state index contributed by atoms with van der Waals surface area (Å²) in [6.45, 7) is 2.86. The van der Waals surface area contributed by atoms with Crippen molar-refractivity contribution in [1.82, 2.24) is 5.32 Å². The van der Waals surface area contributed by atoms with E-state index in [1.807, 2.05) is 0 Å². The normalized spacial score (nSPS) is 18.5. The predicted molar refractivity (Wildman–Crippen MR) is 86.3 cm³/mol. The van der Waals surface area contributed by atoms with Crippen molar-refractivity contribution in [2.45, 2.75) is 57.9 Å². The molecule has 1 aromatic rings. The van der Waals surface area contributed by atoms with E-state index in [0.717, 1.165) is 38.6 Å². The molecule has 1 saturated carbocycles. The number of hydrogen-bond acceptors (Lipinski definition) is 1. The zero-order valence-corrected chi connectivity index (χ0v) is 14.2. The van der Waals surface area contributed by atoms with Crippen LogP contribution >= 0.6 is 15.9 Å². The Morgan fingerprint density at radius 1 is 1.19 bits per heavy atom. The standard InChI is InChI=1S/C17H24BrF2N/c1-2-11-21-17(12-7-5-3-4-6-8-12)15-14(19)10-9-13(18)16(15)20/h9-10,12,17,21H,2-8,11H2,1H3. The van der Waals surface area contributed by atoms with E-state index in [1.165, 1.54) is 25.0 Å². The topological polar surface area (TPSA) is 12.0 Å². The molecule has 0 radical (unpaired) electrons. The third kappa shape index (κ3) is 4.26. The fraction of sp³-hybridized carbons (Fsp3) is 0.647. The molecule has 0 amide bonds. The Balaban J connectivity index is 2.32. The number of nitrogens with one attached hydrogen (secondary N) is 1. The van der Waals surface area contributed by atoms with E-state index >= 15 is 0 Å². The third-order valence-corrected chi connectivity index (χ3v) is 4.99. The number of rotatable bonds is 5. The second-order valence-corrected chi connectivity index (χ2v) is 6.79. The molecule has 0 heterocycles. The first-order chi connectivity index (χ1) is 10.1. The maximum atomic E-state index is 14.5. The highest BCUT2D eigenvalue weighted by molar-refractivity contribution is 9.10. The lowest BCUT2D eigenvalue weighted by Gasteiger charge is -2.28. The third-order valence-electron chi connectivity index (χ3n) is 4.38. The summed E-state index contributed by atoms with van der Waals surface area (Å²) in [4.78, 5) is 0. The number of benzene rings is 1. The van der Waals surface area contributed by atoms with Gasteiger partial charge in [-0.2, -0.15) is 0 Å². The maximum Gasteiger partial charge on any atom is 0.145 e. The van der Waals surface area contributed by atoms with Gasteiger partial charge in [-0.25, -0.2) is 8.78 Å². The molecule has 4 heteroatoms. The average molecular weight is 360 g/mol. The molecule has 1 aliphatic carbocycles. The molecule has 118 valence electrons. The minimum atomic E-state index is -0.451. The van der Waals surface area contributed by atoms with E-state index < -0.39 is 11.6 Å². The molecular weight excluding hydrogens is 336 g/mol. The zero-order valence-electron chi connectivity index (χ0n) is 12.6. The lowest BCUT2D eigenvalue weighted by molar-refractivity contribution is 0.309. The van der Waals surface area contributed by atoms with Crippen LogP contribution in [0.2, 0.25) is 0 Å². The predicted octanol–water partition coefficient (Wildman–Crippen LogP) is 5.74. The molecule has 2 rings (SSSR count). The van der Waals surface area contributed by atoms with E-state index in [0.29, 0.717) is 10.4 Å². The van der Waals surface area contributed by atoms with Gasteiger partial charge in [-0.15, -0.1) is 0 Å². The minimum Gasteiger partial charge on any atom is -0.310 e. The summed E-state index contributed by atoms with van der Waals surface area (Å²) < 4.78 is 29.1. The van der Waals surface area contributed by atoms with Gasteiger partial charge in [-0.1, -0.05) is 32.6 Å². The van der Waals surface area contributed by atoms with Crippen LogP contribution < -0.4 is 5.32 Å². The number of hydrogen-bond donors (Lipinski definition) is 1. The zero-order chi connectivity index (χ0) is 15.2. The van der Waals surface area contributed by atoms with Crippen LogP contribution in [0.5, 0.6) is 0 Å². The molecule has 1 atom stereocenters. The molecule has 0 spiro atoms. The Morgan fingerprint density at radius 3 is 2.48 bits per heavy atom. The molecule has 1 unspecified atom stereocenters. The van der Waals surface area contributed by atoms with Crippen LogP contribution in [0, 0.1) is 17.6 Å². The van der Waals surface area contributed by atoms with Gasteiger partial charge >= 0.3 is 0 Å². The van der Waals surface area contributed by atoms with Crippen LogP contribution in [0.4, 0.5) is 8.78 Å². The summed E-state index contributed by atoms with van der Waals surface area (Å²) in [5.41, 5.74) is 0.213. The Kier molecular flexibility index (Phi) is 6.62. The van der Waals surface area contributed by atoms with Gasteiger partial charge in [-0.3, -0.25) is 0 Å². The first-order valence-electron chi connectivity index (χ1n) is 8.02. The molecule has 1 aliphatic rings. The van der Waals surface area contributed by atoms with E-state index in [2.05, 4.69) is 28.2 Å². The summed E-state index contributed by atoms with van der Waals surface area (Å²) in [6.07, 6.45) is 7.85. The van der Waals surface area contributed by atoms with Crippen molar-refractivity contribution in [2.75, 3.05) is 6.54 Å². The Hall–Kier alpha value is -0.480. The summed E-state index contributed by atoms with van der Waals surface area (Å²) in [6, 6.07) is 2.58. The van der Waals surface area contributed by atoms with Gasteiger partial charge in [0.2, 0.25) is 0 Å². The lowest BCUT2D eigenvalue weighted by Crippen LogP contribution is -2.30. The van der Waals surface area contributed by atoms with Gasteiger partial charge in [0.15, 0.2) is 0 Å². The molecular formula is C17H24BrF2N. The molecule has 21 heavy (non-hydrogen) atoms. The van der Waals surface area contributed by atoms with Gasteiger partial charge in [-0.05, 0) is 59.8 Å². The highest BCUT2D eigenvalue weighted by Crippen LogP contribution is 2.37. The molecule has 1 N–H and O–H groups in total. The average Bonchev–Trinajstić information content (AvgIpc) is 2.75. The van der Waals surface area contributed by atoms with Crippen molar-refractivity contribution in [1.29, 1.82) is 0 Å². The highest BCUT2D eigenvalue weighted by Gasteiger charge is 2.29. The van der Waals surface area contributed by atoms with Crippen molar-refractivity contribution in [3.63, 3.8) is 0 Å². The molecule has 1 nitrogen and oxygen atoms in total. The van der Waals surface area contributed by atoms with Crippen molar-refractivity contribution in [3.8, 4) is 0 Å². The molecule has 0 aromatic heterocycles. The SMILES string of the molecule is CCCNC(c1c(F)ccc(Br)c1F)C1CCCCCC1. The van der Waals surface area contributed by atoms with E-state index in [-0.39, 0.29) is 11.6 Å². The maximum absolute atomic E-state index is 14.5. The van der Waals surface area contributed by atoms with Crippen molar-refractivity contribution < 1.29 is 8.78 Å². The lowest BCUT2D eigenvalue weighted by atomic mass is 9.86. The quantitative estimate of drug-likeness (QED) is 0.522. The van der Waals surface area contributed by atoms with Crippen LogP contribution in [0.15, 0.2) is 16.6 Å². The van der Waals surface area contributed by atoms with Crippen LogP contribution in [-0.2, 0) is 0 Å². The van der Waals surface area contributed by atoms with Gasteiger partial charge < -0.3 is 5.32 Å². The second-order valence-electron chi connectivity index (χ2n) is 5.94. The highest BCUT2D eigenvalue weighted by atomic mass is 79.9. The van der Waals surface area contributed by atoms with Gasteiger partial charge in [0.05, 0.1) is 4.47 Å². The molecule has 0 aliphatic heterocycles. The molecule has 1 aromatic carbocycles. The Morgan fingerprint density at radius 2 is 1.86 bits per heavy atom. The smallest absolute Gasteiger partial charge is 0.145 e. The summed E-state index contributed by atoms with van der Waals surface area (Å²) >= 11 is 3.19. The van der Waals surface area contributed by atoms with Crippen LogP contribution in [0.25, 0.3) is 0 Å². The Bertz CT molecular complexity index is 456. The minimum absolute atomic E-state index is 0.213. The van der Waals surface area contributed by atoms with Gasteiger partial charge in [0, 0.05) is 11.6 Å². The fourth-order valence-electron chi connectivity index (χ4n) is 3.28. The van der Waals surface area contributed by atoms with E-state index in [1.54, 1.807) is 0 Å². The first-order valence-corrected chi connectivity index (χ1v) is 8.81. The molecule has 1 fully saturated rings. The second kappa shape index (κ2) is 8.23. The molecule has 0 saturated heterocycles. The van der Waals surface area contributed by atoms with Crippen molar-refractivity contribution in [3.05, 3.63) is 33.8 Å². The summed E-state index contributed by atoms with van der Waals surface area (Å²) in [5, 5.41) is 3.39. The van der Waals surface area contributed by atoms with Crippen LogP contribution in [0.1, 0.15) is 63.5 Å². The number of halogens is 3. The van der Waals surface area contributed by atoms with E-state index in [9.17, 15) is 8.78 Å². The van der Waals surface area contributed by atoms with Crippen molar-refractivity contribution >= 4 is 15.9 Å². The first kappa shape index (κ1) is 16.9. The fourth-order valence-corrected chi connectivity index (χ4v) is 3.62. The van der Waals surface area contributed by atoms with Crippen LogP contribution in [-0.4, -0.2) is 6.54 Å². The molecule has 0 bridgehead atoms. The summed E-state index contributed by atoms with van der Waals surface area (Å²) in [7, 11) is 0. The van der Waals surface area contributed by atoms with Gasteiger partial charge in [0.1, 0.15) is 11.6 Å². The summed E-state index contributed by atoms with van der Waals surface area (Å²) in [5.74, 6) is -0.571. The monoisotopic (exact) mass is 359 g/mol. The largest absolute Gasteiger partial charge is 0.310 e. The van der Waals surface area contributed by atoms with Crippen LogP contribution in [0.3, 0.4) is 0 Å².